The molecule has 176 valence electrons. The van der Waals surface area contributed by atoms with Crippen molar-refractivity contribution in [1.82, 2.24) is 0 Å². The van der Waals surface area contributed by atoms with Crippen molar-refractivity contribution in [1.29, 1.82) is 0 Å². The second kappa shape index (κ2) is 8.68. The lowest BCUT2D eigenvalue weighted by molar-refractivity contribution is -0.292. The second-order valence-electron chi connectivity index (χ2n) is 8.13. The van der Waals surface area contributed by atoms with Crippen molar-refractivity contribution in [3.63, 3.8) is 0 Å². The normalized spacial score (nSPS) is 32.4. The number of carbonyl (C=O) groups is 2. The third kappa shape index (κ3) is 2.74. The number of Topliss-reactive ketones (excluding diaryl/α,β-unsaturated/α-hetero) is 2. The van der Waals surface area contributed by atoms with Gasteiger partial charge in [0.15, 0.2) is 5.76 Å². The Balaban J connectivity index is 2.53. The summed E-state index contributed by atoms with van der Waals surface area (Å²) >= 11 is 0. The maximum Gasteiger partial charge on any atom is 0.256 e. The van der Waals surface area contributed by atoms with E-state index in [2.05, 4.69) is 13.2 Å². The molecule has 0 N–H and O–H groups in total. The SMILES string of the molecule is C=CCC1=C2C(=O)C(OC)(OC)[C@H]1[C@@H]1C(OC)(OC)C(=O)C(OC)=C[C@]1(CC=C)[C@H]2OC. The first-order valence-electron chi connectivity index (χ1n) is 10.3. The van der Waals surface area contributed by atoms with Crippen molar-refractivity contribution >= 4 is 11.6 Å². The van der Waals surface area contributed by atoms with Gasteiger partial charge in [-0.2, -0.15) is 0 Å². The Bertz CT molecular complexity index is 876. The monoisotopic (exact) mass is 448 g/mol. The molecular formula is C24H32O8. The van der Waals surface area contributed by atoms with E-state index in [0.29, 0.717) is 18.4 Å². The fourth-order valence-corrected chi connectivity index (χ4v) is 6.15. The first-order valence-corrected chi connectivity index (χ1v) is 10.3. The van der Waals surface area contributed by atoms with Crippen molar-refractivity contribution in [3.8, 4) is 0 Å². The van der Waals surface area contributed by atoms with Crippen molar-refractivity contribution in [3.05, 3.63) is 48.3 Å². The van der Waals surface area contributed by atoms with Crippen LogP contribution in [0.2, 0.25) is 0 Å². The van der Waals surface area contributed by atoms with E-state index in [1.807, 2.05) is 0 Å². The maximum atomic E-state index is 13.9. The number of carbonyl (C=O) groups excluding carboxylic acids is 2. The van der Waals surface area contributed by atoms with E-state index in [0.717, 1.165) is 5.57 Å². The highest BCUT2D eigenvalue weighted by Gasteiger charge is 2.76. The van der Waals surface area contributed by atoms with Gasteiger partial charge in [-0.15, -0.1) is 13.2 Å². The van der Waals surface area contributed by atoms with Crippen molar-refractivity contribution in [2.75, 3.05) is 42.7 Å². The van der Waals surface area contributed by atoms with Crippen LogP contribution in [0.4, 0.5) is 0 Å². The van der Waals surface area contributed by atoms with Gasteiger partial charge in [-0.3, -0.25) is 9.59 Å². The Morgan fingerprint density at radius 1 is 0.906 bits per heavy atom. The molecule has 0 aromatic rings. The molecule has 8 nitrogen and oxygen atoms in total. The number of rotatable bonds is 10. The highest BCUT2D eigenvalue weighted by Crippen LogP contribution is 2.66. The van der Waals surface area contributed by atoms with E-state index < -0.39 is 40.7 Å². The molecule has 3 aliphatic carbocycles. The number of ketones is 2. The smallest absolute Gasteiger partial charge is 0.256 e. The summed E-state index contributed by atoms with van der Waals surface area (Å²) in [7, 11) is 8.54. The molecule has 32 heavy (non-hydrogen) atoms. The molecule has 2 bridgehead atoms. The Hall–Kier alpha value is -2.10. The van der Waals surface area contributed by atoms with Gasteiger partial charge in [0.05, 0.1) is 19.1 Å². The molecule has 0 aromatic heterocycles. The summed E-state index contributed by atoms with van der Waals surface area (Å²) in [4.78, 5) is 27.5. The lowest BCUT2D eigenvalue weighted by Gasteiger charge is -2.57. The van der Waals surface area contributed by atoms with Gasteiger partial charge in [0, 0.05) is 52.5 Å². The van der Waals surface area contributed by atoms with Gasteiger partial charge in [-0.25, -0.2) is 0 Å². The topological polar surface area (TPSA) is 89.5 Å². The van der Waals surface area contributed by atoms with E-state index in [-0.39, 0.29) is 11.5 Å². The van der Waals surface area contributed by atoms with Gasteiger partial charge >= 0.3 is 0 Å². The minimum absolute atomic E-state index is 0.0638. The van der Waals surface area contributed by atoms with Crippen molar-refractivity contribution in [2.45, 2.75) is 30.5 Å². The summed E-state index contributed by atoms with van der Waals surface area (Å²) in [5.74, 6) is -5.75. The number of methoxy groups -OCH3 is 6. The Morgan fingerprint density at radius 2 is 1.50 bits per heavy atom. The largest absolute Gasteiger partial charge is 0.493 e. The lowest BCUT2D eigenvalue weighted by atomic mass is 9.52. The van der Waals surface area contributed by atoms with E-state index in [1.165, 1.54) is 42.7 Å². The van der Waals surface area contributed by atoms with E-state index >= 15 is 0 Å². The van der Waals surface area contributed by atoms with Crippen LogP contribution in [0.3, 0.4) is 0 Å². The fourth-order valence-electron chi connectivity index (χ4n) is 6.15. The summed E-state index contributed by atoms with van der Waals surface area (Å²) in [5.41, 5.74) is 0.202. The van der Waals surface area contributed by atoms with E-state index in [9.17, 15) is 9.59 Å². The van der Waals surface area contributed by atoms with Crippen LogP contribution in [0.5, 0.6) is 0 Å². The quantitative estimate of drug-likeness (QED) is 0.372. The predicted molar refractivity (Wildman–Crippen MR) is 115 cm³/mol. The average Bonchev–Trinajstić information content (AvgIpc) is 2.99. The average molecular weight is 449 g/mol. The maximum absolute atomic E-state index is 13.9. The van der Waals surface area contributed by atoms with Crippen molar-refractivity contribution < 1.29 is 38.0 Å². The number of hydrogen-bond donors (Lipinski definition) is 0. The molecule has 0 aromatic carbocycles. The fraction of sp³-hybridized carbons (Fsp3) is 0.583. The highest BCUT2D eigenvalue weighted by molar-refractivity contribution is 6.08. The van der Waals surface area contributed by atoms with Gasteiger partial charge < -0.3 is 28.4 Å². The highest BCUT2D eigenvalue weighted by atomic mass is 16.7. The zero-order chi connectivity index (χ0) is 23.9. The third-order valence-electron chi connectivity index (χ3n) is 7.23. The van der Waals surface area contributed by atoms with Crippen LogP contribution in [-0.2, 0) is 38.0 Å². The van der Waals surface area contributed by atoms with Gasteiger partial charge in [-0.05, 0) is 24.5 Å². The number of ether oxygens (including phenoxy) is 6. The molecule has 0 fully saturated rings. The summed E-state index contributed by atoms with van der Waals surface area (Å²) in [5, 5.41) is 0. The van der Waals surface area contributed by atoms with Gasteiger partial charge in [0.1, 0.15) is 0 Å². The molecule has 0 saturated carbocycles. The third-order valence-corrected chi connectivity index (χ3v) is 7.23. The first kappa shape index (κ1) is 24.5. The van der Waals surface area contributed by atoms with Crippen LogP contribution in [0.25, 0.3) is 0 Å². The molecule has 0 amide bonds. The molecule has 0 spiro atoms. The summed E-state index contributed by atoms with van der Waals surface area (Å²) in [6.45, 7) is 7.78. The zero-order valence-electron chi connectivity index (χ0n) is 19.6. The van der Waals surface area contributed by atoms with E-state index in [1.54, 1.807) is 18.2 Å². The molecule has 0 radical (unpaired) electrons. The first-order chi connectivity index (χ1) is 15.3. The molecule has 8 heteroatoms. The Kier molecular flexibility index (Phi) is 6.66. The van der Waals surface area contributed by atoms with E-state index in [4.69, 9.17) is 28.4 Å². The van der Waals surface area contributed by atoms with Crippen LogP contribution >= 0.6 is 0 Å². The molecule has 3 aliphatic rings. The molecule has 0 unspecified atom stereocenters. The van der Waals surface area contributed by atoms with Gasteiger partial charge in [0.25, 0.3) is 5.78 Å². The summed E-state index contributed by atoms with van der Waals surface area (Å²) in [6, 6.07) is 0. The lowest BCUT2D eigenvalue weighted by Crippen LogP contribution is -2.67. The van der Waals surface area contributed by atoms with Crippen molar-refractivity contribution in [2.24, 2.45) is 17.3 Å². The minimum Gasteiger partial charge on any atom is -0.493 e. The standard InChI is InChI=1S/C24H32O8/c1-9-11-14-16-20(26)23(29-5,30-6)17(14)18-22(12-10-2,21(16)28-4)13-15(27-3)19(25)24(18,31-7)32-8/h9-10,13,17-18,21H,1-2,11-12H2,3-8H3/t17-,18+,21+,22+/m1/s1. The zero-order valence-corrected chi connectivity index (χ0v) is 19.6. The molecule has 0 saturated heterocycles. The number of fused-ring (bicyclic) bond motifs is 3. The summed E-state index contributed by atoms with van der Waals surface area (Å²) < 4.78 is 34.7. The van der Waals surface area contributed by atoms with Crippen LogP contribution < -0.4 is 0 Å². The van der Waals surface area contributed by atoms with Crippen LogP contribution in [0, 0.1) is 17.3 Å². The molecule has 3 rings (SSSR count). The van der Waals surface area contributed by atoms with Crippen LogP contribution in [0.1, 0.15) is 12.8 Å². The predicted octanol–water partition coefficient (Wildman–Crippen LogP) is 2.36. The minimum atomic E-state index is -1.80. The van der Waals surface area contributed by atoms with Crippen LogP contribution in [-0.4, -0.2) is 71.9 Å². The Morgan fingerprint density at radius 3 is 1.94 bits per heavy atom. The van der Waals surface area contributed by atoms with Gasteiger partial charge in [0.2, 0.25) is 17.4 Å². The van der Waals surface area contributed by atoms with Gasteiger partial charge in [-0.1, -0.05) is 12.2 Å². The number of hydrogen-bond acceptors (Lipinski definition) is 8. The second-order valence-corrected chi connectivity index (χ2v) is 8.13. The molecule has 0 heterocycles. The molecule has 0 aliphatic heterocycles. The number of allylic oxidation sites excluding steroid dienone is 2. The molecule has 4 atom stereocenters. The van der Waals surface area contributed by atoms with Crippen LogP contribution in [0.15, 0.2) is 48.3 Å². The molecular weight excluding hydrogens is 416 g/mol. The Labute approximate surface area is 188 Å². The summed E-state index contributed by atoms with van der Waals surface area (Å²) in [6.07, 6.45) is 5.10.